The second-order valence-electron chi connectivity index (χ2n) is 4.94. The summed E-state index contributed by atoms with van der Waals surface area (Å²) in [7, 11) is 0. The minimum absolute atomic E-state index is 0.449. The summed E-state index contributed by atoms with van der Waals surface area (Å²) in [6, 6.07) is 0. The van der Waals surface area contributed by atoms with Crippen molar-refractivity contribution < 1.29 is 14.6 Å². The molecule has 0 spiro atoms. The molecule has 0 aromatic carbocycles. The van der Waals surface area contributed by atoms with E-state index in [1.165, 1.54) is 0 Å². The third-order valence-electron chi connectivity index (χ3n) is 1.92. The normalized spacial score (nSPS) is 14.6. The number of hydrogen-bond donors (Lipinski definition) is 1. The largest absolute Gasteiger partial charge is 0.385 e. The topological polar surface area (TPSA) is 38.7 Å². The zero-order valence-corrected chi connectivity index (χ0v) is 10.7. The van der Waals surface area contributed by atoms with Gasteiger partial charge in [0, 0.05) is 6.61 Å². The van der Waals surface area contributed by atoms with Gasteiger partial charge in [-0.3, -0.25) is 0 Å². The Morgan fingerprint density at radius 3 is 2.20 bits per heavy atom. The van der Waals surface area contributed by atoms with Gasteiger partial charge in [0.15, 0.2) is 6.29 Å². The average Bonchev–Trinajstić information content (AvgIpc) is 2.08. The summed E-state index contributed by atoms with van der Waals surface area (Å²) in [4.78, 5) is 0. The van der Waals surface area contributed by atoms with Crippen LogP contribution in [-0.2, 0) is 9.47 Å². The van der Waals surface area contributed by atoms with Gasteiger partial charge in [-0.25, -0.2) is 0 Å². The molecular formula is C12H26O3. The van der Waals surface area contributed by atoms with E-state index in [2.05, 4.69) is 20.8 Å². The first kappa shape index (κ1) is 14.9. The lowest BCUT2D eigenvalue weighted by molar-refractivity contribution is -0.230. The van der Waals surface area contributed by atoms with Crippen molar-refractivity contribution in [2.75, 3.05) is 13.2 Å². The van der Waals surface area contributed by atoms with E-state index in [1.807, 2.05) is 0 Å². The zero-order valence-electron chi connectivity index (χ0n) is 10.7. The maximum atomic E-state index is 9.84. The number of hydrogen-bond acceptors (Lipinski definition) is 3. The number of ether oxygens (including phenoxy) is 2. The fourth-order valence-corrected chi connectivity index (χ4v) is 1.07. The van der Waals surface area contributed by atoms with Crippen LogP contribution < -0.4 is 0 Å². The van der Waals surface area contributed by atoms with E-state index in [1.54, 1.807) is 13.8 Å². The Labute approximate surface area is 93.8 Å². The predicted molar refractivity (Wildman–Crippen MR) is 61.7 cm³/mol. The van der Waals surface area contributed by atoms with Gasteiger partial charge >= 0.3 is 0 Å². The SMILES string of the molecule is CCCCO[C@H](OCC(C)C)C(C)(C)O. The molecule has 0 unspecified atom stereocenters. The van der Waals surface area contributed by atoms with Crippen LogP contribution in [0.3, 0.4) is 0 Å². The molecule has 15 heavy (non-hydrogen) atoms. The summed E-state index contributed by atoms with van der Waals surface area (Å²) in [6.07, 6.45) is 1.56. The van der Waals surface area contributed by atoms with E-state index < -0.39 is 11.9 Å². The molecule has 0 saturated carbocycles. The molecule has 1 atom stereocenters. The van der Waals surface area contributed by atoms with Crippen LogP contribution in [0.5, 0.6) is 0 Å². The summed E-state index contributed by atoms with van der Waals surface area (Å²) in [5.41, 5.74) is -0.942. The molecule has 0 aromatic rings. The lowest BCUT2D eigenvalue weighted by Crippen LogP contribution is -2.41. The molecular weight excluding hydrogens is 192 g/mol. The van der Waals surface area contributed by atoms with Crippen LogP contribution in [0.2, 0.25) is 0 Å². The molecule has 3 heteroatoms. The number of unbranched alkanes of at least 4 members (excludes halogenated alkanes) is 1. The van der Waals surface area contributed by atoms with Crippen LogP contribution in [0.25, 0.3) is 0 Å². The number of aliphatic hydroxyl groups is 1. The third-order valence-corrected chi connectivity index (χ3v) is 1.92. The predicted octanol–water partition coefficient (Wildman–Crippen LogP) is 2.57. The Bertz CT molecular complexity index is 149. The van der Waals surface area contributed by atoms with Crippen LogP contribution in [0.4, 0.5) is 0 Å². The molecule has 92 valence electrons. The third kappa shape index (κ3) is 7.77. The minimum atomic E-state index is -0.942. The summed E-state index contributed by atoms with van der Waals surface area (Å²) in [6.45, 7) is 10.9. The van der Waals surface area contributed by atoms with Gasteiger partial charge in [-0.2, -0.15) is 0 Å². The lowest BCUT2D eigenvalue weighted by Gasteiger charge is -2.29. The Hall–Kier alpha value is -0.120. The molecule has 0 aromatic heterocycles. The van der Waals surface area contributed by atoms with Gasteiger partial charge in [0.1, 0.15) is 5.60 Å². The molecule has 0 saturated heterocycles. The van der Waals surface area contributed by atoms with Gasteiger partial charge in [0.05, 0.1) is 6.61 Å². The molecule has 1 N–H and O–H groups in total. The summed E-state index contributed by atoms with van der Waals surface area (Å²) in [5.74, 6) is 0.449. The molecule has 0 heterocycles. The van der Waals surface area contributed by atoms with Crippen molar-refractivity contribution in [2.24, 2.45) is 5.92 Å². The van der Waals surface area contributed by atoms with Crippen molar-refractivity contribution in [1.82, 2.24) is 0 Å². The van der Waals surface area contributed by atoms with E-state index in [0.29, 0.717) is 19.1 Å². The van der Waals surface area contributed by atoms with Crippen LogP contribution in [0.1, 0.15) is 47.5 Å². The van der Waals surface area contributed by atoms with E-state index in [-0.39, 0.29) is 0 Å². The quantitative estimate of drug-likeness (QED) is 0.502. The summed E-state index contributed by atoms with van der Waals surface area (Å²) < 4.78 is 11.1. The van der Waals surface area contributed by atoms with E-state index >= 15 is 0 Å². The average molecular weight is 218 g/mol. The maximum Gasteiger partial charge on any atom is 0.185 e. The van der Waals surface area contributed by atoms with Crippen molar-refractivity contribution in [3.05, 3.63) is 0 Å². The number of rotatable bonds is 8. The molecule has 0 amide bonds. The zero-order chi connectivity index (χ0) is 11.9. The monoisotopic (exact) mass is 218 g/mol. The van der Waals surface area contributed by atoms with Crippen molar-refractivity contribution >= 4 is 0 Å². The Morgan fingerprint density at radius 2 is 1.80 bits per heavy atom. The maximum absolute atomic E-state index is 9.84. The van der Waals surface area contributed by atoms with Crippen LogP contribution in [-0.4, -0.2) is 30.2 Å². The van der Waals surface area contributed by atoms with Gasteiger partial charge in [-0.1, -0.05) is 27.2 Å². The van der Waals surface area contributed by atoms with Crippen LogP contribution >= 0.6 is 0 Å². The molecule has 0 aliphatic rings. The highest BCUT2D eigenvalue weighted by Crippen LogP contribution is 2.15. The minimum Gasteiger partial charge on any atom is -0.385 e. The Morgan fingerprint density at radius 1 is 1.20 bits per heavy atom. The lowest BCUT2D eigenvalue weighted by atomic mass is 10.1. The van der Waals surface area contributed by atoms with Gasteiger partial charge < -0.3 is 14.6 Å². The highest BCUT2D eigenvalue weighted by atomic mass is 16.7. The van der Waals surface area contributed by atoms with Crippen molar-refractivity contribution in [3.63, 3.8) is 0 Å². The van der Waals surface area contributed by atoms with Crippen molar-refractivity contribution in [2.45, 2.75) is 59.4 Å². The highest BCUT2D eigenvalue weighted by molar-refractivity contribution is 4.70. The first-order valence-electron chi connectivity index (χ1n) is 5.83. The fourth-order valence-electron chi connectivity index (χ4n) is 1.07. The van der Waals surface area contributed by atoms with Gasteiger partial charge in [0.2, 0.25) is 0 Å². The highest BCUT2D eigenvalue weighted by Gasteiger charge is 2.28. The van der Waals surface area contributed by atoms with Crippen LogP contribution in [0.15, 0.2) is 0 Å². The molecule has 0 fully saturated rings. The molecule has 3 nitrogen and oxygen atoms in total. The van der Waals surface area contributed by atoms with Crippen LogP contribution in [0, 0.1) is 5.92 Å². The second-order valence-corrected chi connectivity index (χ2v) is 4.94. The summed E-state index contributed by atoms with van der Waals surface area (Å²) >= 11 is 0. The first-order chi connectivity index (χ1) is 6.88. The smallest absolute Gasteiger partial charge is 0.185 e. The molecule has 0 rings (SSSR count). The molecule has 0 bridgehead atoms. The Kier molecular flexibility index (Phi) is 7.14. The fraction of sp³-hybridized carbons (Fsp3) is 1.00. The van der Waals surface area contributed by atoms with Gasteiger partial charge in [-0.15, -0.1) is 0 Å². The van der Waals surface area contributed by atoms with Gasteiger partial charge in [-0.05, 0) is 26.2 Å². The van der Waals surface area contributed by atoms with E-state index in [4.69, 9.17) is 9.47 Å². The van der Waals surface area contributed by atoms with Crippen molar-refractivity contribution in [1.29, 1.82) is 0 Å². The Balaban J connectivity index is 3.96. The standard InChI is InChI=1S/C12H26O3/c1-6-7-8-14-11(12(4,5)13)15-9-10(2)3/h10-11,13H,6-9H2,1-5H3/t11-/m1/s1. The van der Waals surface area contributed by atoms with E-state index in [9.17, 15) is 5.11 Å². The van der Waals surface area contributed by atoms with E-state index in [0.717, 1.165) is 12.8 Å². The second kappa shape index (κ2) is 7.20. The first-order valence-corrected chi connectivity index (χ1v) is 5.83. The molecule has 0 radical (unpaired) electrons. The molecule has 0 aliphatic heterocycles. The summed E-state index contributed by atoms with van der Waals surface area (Å²) in [5, 5.41) is 9.84. The van der Waals surface area contributed by atoms with Gasteiger partial charge in [0.25, 0.3) is 0 Å². The van der Waals surface area contributed by atoms with Crippen molar-refractivity contribution in [3.8, 4) is 0 Å². The molecule has 0 aliphatic carbocycles.